The topological polar surface area (TPSA) is 67.2 Å². The molecule has 0 unspecified atom stereocenters. The van der Waals surface area contributed by atoms with Crippen molar-refractivity contribution >= 4 is 9.84 Å². The Balaban J connectivity index is 2.05. The molecule has 108 valence electrons. The molecule has 0 aliphatic heterocycles. The van der Waals surface area contributed by atoms with Gasteiger partial charge in [-0.2, -0.15) is 5.26 Å². The van der Waals surface area contributed by atoms with Gasteiger partial charge in [0.05, 0.1) is 22.3 Å². The second-order valence-corrected chi connectivity index (χ2v) is 6.35. The Morgan fingerprint density at radius 3 is 2.62 bits per heavy atom. The van der Waals surface area contributed by atoms with Crippen molar-refractivity contribution in [3.05, 3.63) is 59.9 Å². The highest BCUT2D eigenvalue weighted by Crippen LogP contribution is 2.17. The number of sulfone groups is 1. The second kappa shape index (κ2) is 6.37. The van der Waals surface area contributed by atoms with Gasteiger partial charge in [-0.15, -0.1) is 0 Å². The van der Waals surface area contributed by atoms with Crippen LogP contribution in [-0.2, 0) is 9.84 Å². The van der Waals surface area contributed by atoms with Crippen LogP contribution in [0.4, 0.5) is 4.39 Å². The SMILES string of the molecule is N#Cc1cccc(S(=O)(=O)CCOc2ccccc2F)c1. The van der Waals surface area contributed by atoms with E-state index < -0.39 is 15.7 Å². The van der Waals surface area contributed by atoms with E-state index in [0.29, 0.717) is 0 Å². The molecule has 4 nitrogen and oxygen atoms in total. The van der Waals surface area contributed by atoms with Gasteiger partial charge >= 0.3 is 0 Å². The van der Waals surface area contributed by atoms with Gasteiger partial charge in [-0.3, -0.25) is 0 Å². The molecule has 0 N–H and O–H groups in total. The van der Waals surface area contributed by atoms with E-state index in [0.717, 1.165) is 0 Å². The Morgan fingerprint density at radius 2 is 1.90 bits per heavy atom. The summed E-state index contributed by atoms with van der Waals surface area (Å²) in [5.74, 6) is -0.823. The van der Waals surface area contributed by atoms with Crippen molar-refractivity contribution in [1.82, 2.24) is 0 Å². The molecule has 0 aromatic heterocycles. The maximum absolute atomic E-state index is 13.3. The van der Waals surface area contributed by atoms with Gasteiger partial charge in [0, 0.05) is 0 Å². The van der Waals surface area contributed by atoms with Crippen LogP contribution in [0.5, 0.6) is 5.75 Å². The van der Waals surface area contributed by atoms with E-state index in [1.807, 2.05) is 6.07 Å². The number of ether oxygens (including phenoxy) is 1. The van der Waals surface area contributed by atoms with E-state index in [4.69, 9.17) is 10.00 Å². The summed E-state index contributed by atoms with van der Waals surface area (Å²) in [5, 5.41) is 8.77. The molecule has 0 atom stereocenters. The summed E-state index contributed by atoms with van der Waals surface area (Å²) in [6.45, 7) is -0.167. The van der Waals surface area contributed by atoms with Crippen LogP contribution in [0, 0.1) is 17.1 Å². The molecule has 6 heteroatoms. The van der Waals surface area contributed by atoms with Crippen LogP contribution in [0.2, 0.25) is 0 Å². The van der Waals surface area contributed by atoms with E-state index >= 15 is 0 Å². The van der Waals surface area contributed by atoms with Crippen LogP contribution < -0.4 is 4.74 Å². The number of nitrogens with zero attached hydrogens (tertiary/aromatic N) is 1. The fraction of sp³-hybridized carbons (Fsp3) is 0.133. The van der Waals surface area contributed by atoms with Gasteiger partial charge < -0.3 is 4.74 Å². The summed E-state index contributed by atoms with van der Waals surface area (Å²) in [7, 11) is -3.57. The lowest BCUT2D eigenvalue weighted by atomic mass is 10.2. The minimum Gasteiger partial charge on any atom is -0.489 e. The van der Waals surface area contributed by atoms with Gasteiger partial charge in [0.15, 0.2) is 21.4 Å². The molecule has 0 bridgehead atoms. The molecule has 2 rings (SSSR count). The van der Waals surface area contributed by atoms with Crippen molar-refractivity contribution in [2.45, 2.75) is 4.90 Å². The molecule has 0 aliphatic rings. The number of halogens is 1. The third-order valence-electron chi connectivity index (χ3n) is 2.77. The largest absolute Gasteiger partial charge is 0.489 e. The van der Waals surface area contributed by atoms with E-state index in [9.17, 15) is 12.8 Å². The van der Waals surface area contributed by atoms with E-state index in [2.05, 4.69) is 0 Å². The summed E-state index contributed by atoms with van der Waals surface area (Å²) >= 11 is 0. The van der Waals surface area contributed by atoms with Crippen molar-refractivity contribution in [2.24, 2.45) is 0 Å². The summed E-state index contributed by atoms with van der Waals surface area (Å²) in [4.78, 5) is 0.0543. The highest BCUT2D eigenvalue weighted by molar-refractivity contribution is 7.91. The molecular weight excluding hydrogens is 293 g/mol. The maximum Gasteiger partial charge on any atom is 0.181 e. The van der Waals surface area contributed by atoms with E-state index in [-0.39, 0.29) is 28.6 Å². The Kier molecular flexibility index (Phi) is 4.55. The first kappa shape index (κ1) is 15.0. The number of rotatable bonds is 5. The van der Waals surface area contributed by atoms with Crippen molar-refractivity contribution < 1.29 is 17.5 Å². The molecule has 0 fully saturated rings. The highest BCUT2D eigenvalue weighted by atomic mass is 32.2. The third-order valence-corrected chi connectivity index (χ3v) is 4.44. The van der Waals surface area contributed by atoms with Gasteiger partial charge in [0.1, 0.15) is 6.61 Å². The van der Waals surface area contributed by atoms with Gasteiger partial charge in [0.2, 0.25) is 0 Å². The fourth-order valence-corrected chi connectivity index (χ4v) is 2.83. The first-order chi connectivity index (χ1) is 10.0. The van der Waals surface area contributed by atoms with Crippen molar-refractivity contribution in [1.29, 1.82) is 5.26 Å². The number of hydrogen-bond acceptors (Lipinski definition) is 4. The molecule has 0 spiro atoms. The average Bonchev–Trinajstić information content (AvgIpc) is 2.49. The zero-order valence-electron chi connectivity index (χ0n) is 11.0. The molecule has 2 aromatic rings. The van der Waals surface area contributed by atoms with Gasteiger partial charge in [-0.25, -0.2) is 12.8 Å². The molecule has 0 radical (unpaired) electrons. The Hall–Kier alpha value is -2.39. The molecule has 21 heavy (non-hydrogen) atoms. The van der Waals surface area contributed by atoms with Crippen molar-refractivity contribution in [2.75, 3.05) is 12.4 Å². The van der Waals surface area contributed by atoms with Crippen LogP contribution >= 0.6 is 0 Å². The minimum absolute atomic E-state index is 0.0125. The number of nitriles is 1. The fourth-order valence-electron chi connectivity index (χ4n) is 1.70. The highest BCUT2D eigenvalue weighted by Gasteiger charge is 2.15. The number of hydrogen-bond donors (Lipinski definition) is 0. The molecule has 2 aromatic carbocycles. The lowest BCUT2D eigenvalue weighted by Crippen LogP contribution is -2.14. The number of benzene rings is 2. The Labute approximate surface area is 122 Å². The first-order valence-corrected chi connectivity index (χ1v) is 7.78. The summed E-state index contributed by atoms with van der Waals surface area (Å²) in [5.41, 5.74) is 0.270. The predicted molar refractivity (Wildman–Crippen MR) is 75.1 cm³/mol. The van der Waals surface area contributed by atoms with Crippen LogP contribution in [0.1, 0.15) is 5.56 Å². The van der Waals surface area contributed by atoms with Crippen LogP contribution in [-0.4, -0.2) is 20.8 Å². The Morgan fingerprint density at radius 1 is 1.14 bits per heavy atom. The minimum atomic E-state index is -3.57. The normalized spacial score (nSPS) is 10.9. The third kappa shape index (κ3) is 3.80. The monoisotopic (exact) mass is 305 g/mol. The van der Waals surface area contributed by atoms with Gasteiger partial charge in [-0.1, -0.05) is 18.2 Å². The van der Waals surface area contributed by atoms with Crippen molar-refractivity contribution in [3.8, 4) is 11.8 Å². The molecular formula is C15H12FNO3S. The Bertz CT molecular complexity index is 782. The van der Waals surface area contributed by atoms with Crippen molar-refractivity contribution in [3.63, 3.8) is 0 Å². The maximum atomic E-state index is 13.3. The zero-order valence-corrected chi connectivity index (χ0v) is 11.8. The molecule has 0 saturated heterocycles. The van der Waals surface area contributed by atoms with E-state index in [1.165, 1.54) is 42.5 Å². The lowest BCUT2D eigenvalue weighted by molar-refractivity contribution is 0.322. The van der Waals surface area contributed by atoms with Crippen LogP contribution in [0.15, 0.2) is 53.4 Å². The molecule has 0 heterocycles. The zero-order chi connectivity index (χ0) is 15.3. The summed E-state index contributed by atoms with van der Waals surface area (Å²) < 4.78 is 42.6. The molecule has 0 saturated carbocycles. The molecule has 0 aliphatic carbocycles. The molecule has 0 amide bonds. The smallest absolute Gasteiger partial charge is 0.181 e. The summed E-state index contributed by atoms with van der Waals surface area (Å²) in [6.07, 6.45) is 0. The van der Waals surface area contributed by atoms with Crippen LogP contribution in [0.25, 0.3) is 0 Å². The van der Waals surface area contributed by atoms with Crippen LogP contribution in [0.3, 0.4) is 0 Å². The number of para-hydroxylation sites is 1. The quantitative estimate of drug-likeness (QED) is 0.851. The average molecular weight is 305 g/mol. The first-order valence-electron chi connectivity index (χ1n) is 6.13. The van der Waals surface area contributed by atoms with E-state index in [1.54, 1.807) is 6.07 Å². The predicted octanol–water partition coefficient (Wildman–Crippen LogP) is 2.55. The van der Waals surface area contributed by atoms with Gasteiger partial charge in [-0.05, 0) is 30.3 Å². The standard InChI is InChI=1S/C15H12FNO3S/c16-14-6-1-2-7-15(14)20-8-9-21(18,19)13-5-3-4-12(10-13)11-17/h1-7,10H,8-9H2. The second-order valence-electron chi connectivity index (χ2n) is 4.24. The summed E-state index contributed by atoms with van der Waals surface area (Å²) in [6, 6.07) is 13.4. The lowest BCUT2D eigenvalue weighted by Gasteiger charge is -2.08. The van der Waals surface area contributed by atoms with Gasteiger partial charge in [0.25, 0.3) is 0 Å².